The predicted molar refractivity (Wildman–Crippen MR) is 417 cm³/mol. The number of ether oxygens (including phenoxy) is 6. The van der Waals surface area contributed by atoms with Gasteiger partial charge in [-0.05, 0) is 38.5 Å². The number of carboxylic acids is 1. The number of unbranched alkanes of at least 4 members (excludes halogenated alkanes) is 48. The molecule has 3 aliphatic rings. The Morgan fingerprint density at radius 2 is 0.869 bits per heavy atom. The van der Waals surface area contributed by atoms with Crippen LogP contribution in [0.1, 0.15) is 367 Å². The van der Waals surface area contributed by atoms with Gasteiger partial charge >= 0.3 is 5.97 Å². The van der Waals surface area contributed by atoms with Crippen LogP contribution in [0.25, 0.3) is 0 Å². The van der Waals surface area contributed by atoms with Gasteiger partial charge in [0.05, 0.1) is 50.7 Å². The fourth-order valence-corrected chi connectivity index (χ4v) is 15.4. The molecule has 3 aliphatic heterocycles. The van der Waals surface area contributed by atoms with Crippen LogP contribution in [0.4, 0.5) is 0 Å². The second-order valence-electron chi connectivity index (χ2n) is 31.8. The van der Waals surface area contributed by atoms with Crippen molar-refractivity contribution < 1.29 is 104 Å². The summed E-state index contributed by atoms with van der Waals surface area (Å²) in [5.41, 5.74) is 0. The maximum Gasteiger partial charge on any atom is 0.364 e. The molecule has 23 nitrogen and oxygen atoms in total. The van der Waals surface area contributed by atoms with Crippen molar-refractivity contribution in [2.45, 2.75) is 477 Å². The van der Waals surface area contributed by atoms with E-state index in [9.17, 15) is 75.7 Å². The topological polar surface area (TPSA) is 373 Å². The standard InChI is InChI=1S/C84H158N2O21/c1-4-6-8-10-12-14-16-18-20-22-24-26-28-29-30-31-32-33-34-36-38-40-42-44-46-48-50-52-54-56-58-71(94)86-65(66(91)57-55-53-51-49-47-45-43-41-39-37-35-27-25-23-21-19-17-15-13-11-9-7-5-2)63-102-81-76(98)75(97)78(70(62-89)104-81)105-82-77(99)80(74(96)69(61-88)103-82)107-84(83(100)101)59-67(92)72(85-64(3)90)79(106-84)73(95)68(93)60-87/h29-30,65-70,72-82,87-89,91-93,95-99H,4-28,31-63H2,1-3H3,(H,85,90)(H,86,94)(H,100,101)/b30-29-. The first-order valence-corrected chi connectivity index (χ1v) is 43.5. The number of carboxylic acid groups (broad SMARTS) is 1. The number of aliphatic carboxylic acids is 1. The molecule has 0 aliphatic carbocycles. The number of rotatable bonds is 70. The van der Waals surface area contributed by atoms with Gasteiger partial charge < -0.3 is 100 Å². The van der Waals surface area contributed by atoms with Crippen LogP contribution in [-0.4, -0.2) is 215 Å². The average molecular weight is 1530 g/mol. The Morgan fingerprint density at radius 3 is 1.26 bits per heavy atom. The van der Waals surface area contributed by atoms with Crippen molar-refractivity contribution >= 4 is 17.8 Å². The van der Waals surface area contributed by atoms with Crippen LogP contribution < -0.4 is 10.6 Å². The van der Waals surface area contributed by atoms with Crippen LogP contribution in [0.3, 0.4) is 0 Å². The van der Waals surface area contributed by atoms with E-state index in [0.29, 0.717) is 19.3 Å². The lowest BCUT2D eigenvalue weighted by atomic mass is 9.88. The molecule has 630 valence electrons. The third-order valence-corrected chi connectivity index (χ3v) is 22.2. The molecule has 0 aromatic heterocycles. The minimum Gasteiger partial charge on any atom is -0.477 e. The number of hydrogen-bond acceptors (Lipinski definition) is 20. The van der Waals surface area contributed by atoms with Crippen LogP contribution in [0.5, 0.6) is 0 Å². The van der Waals surface area contributed by atoms with E-state index < -0.39 is 148 Å². The molecule has 0 saturated carbocycles. The molecule has 3 saturated heterocycles. The van der Waals surface area contributed by atoms with Gasteiger partial charge in [0.25, 0.3) is 5.79 Å². The normalized spacial score (nSPS) is 26.0. The van der Waals surface area contributed by atoms with Crippen molar-refractivity contribution in [2.24, 2.45) is 0 Å². The number of hydrogen-bond donors (Lipinski definition) is 14. The quantitative estimate of drug-likeness (QED) is 0.0199. The maximum absolute atomic E-state index is 13.6. The van der Waals surface area contributed by atoms with E-state index in [4.69, 9.17) is 28.4 Å². The van der Waals surface area contributed by atoms with Gasteiger partial charge in [0.1, 0.15) is 67.1 Å². The third kappa shape index (κ3) is 42.4. The molecule has 3 rings (SSSR count). The van der Waals surface area contributed by atoms with Crippen LogP contribution in [-0.2, 0) is 42.8 Å². The molecule has 23 heteroatoms. The summed E-state index contributed by atoms with van der Waals surface area (Å²) in [6.07, 6.45) is 40.7. The van der Waals surface area contributed by atoms with Gasteiger partial charge in [0.2, 0.25) is 11.8 Å². The molecule has 14 N–H and O–H groups in total. The summed E-state index contributed by atoms with van der Waals surface area (Å²) in [7, 11) is 0. The first kappa shape index (κ1) is 98.7. The Labute approximate surface area is 645 Å². The van der Waals surface area contributed by atoms with Gasteiger partial charge in [-0.15, -0.1) is 0 Å². The van der Waals surface area contributed by atoms with E-state index in [1.807, 2.05) is 0 Å². The van der Waals surface area contributed by atoms with Crippen LogP contribution in [0.2, 0.25) is 0 Å². The summed E-state index contributed by atoms with van der Waals surface area (Å²) in [5, 5.41) is 137. The van der Waals surface area contributed by atoms with Crippen molar-refractivity contribution in [3.63, 3.8) is 0 Å². The number of allylic oxidation sites excluding steroid dienone is 2. The molecule has 3 heterocycles. The van der Waals surface area contributed by atoms with Crippen LogP contribution in [0, 0.1) is 0 Å². The lowest BCUT2D eigenvalue weighted by Crippen LogP contribution is -2.70. The van der Waals surface area contributed by atoms with E-state index >= 15 is 0 Å². The highest BCUT2D eigenvalue weighted by Gasteiger charge is 2.60. The van der Waals surface area contributed by atoms with Crippen molar-refractivity contribution in [3.8, 4) is 0 Å². The van der Waals surface area contributed by atoms with Gasteiger partial charge in [0, 0.05) is 19.8 Å². The number of amides is 2. The minimum absolute atomic E-state index is 0.227. The number of carbonyl (C=O) groups is 3. The molecule has 0 aromatic rings. The Kier molecular flexibility index (Phi) is 58.0. The fraction of sp³-hybridized carbons (Fsp3) is 0.940. The summed E-state index contributed by atoms with van der Waals surface area (Å²) in [6.45, 7) is 2.28. The van der Waals surface area contributed by atoms with Crippen LogP contribution in [0.15, 0.2) is 12.2 Å². The Hall–Kier alpha value is -2.53. The first-order valence-electron chi connectivity index (χ1n) is 43.5. The van der Waals surface area contributed by atoms with Crippen molar-refractivity contribution in [2.75, 3.05) is 26.4 Å². The molecule has 18 unspecified atom stereocenters. The van der Waals surface area contributed by atoms with E-state index in [1.54, 1.807) is 0 Å². The van der Waals surface area contributed by atoms with Crippen molar-refractivity contribution in [1.29, 1.82) is 0 Å². The van der Waals surface area contributed by atoms with E-state index in [2.05, 4.69) is 36.6 Å². The molecule has 18 atom stereocenters. The predicted octanol–water partition coefficient (Wildman–Crippen LogP) is 12.9. The smallest absolute Gasteiger partial charge is 0.364 e. The number of aliphatic hydroxyl groups excluding tert-OH is 11. The van der Waals surface area contributed by atoms with E-state index in [0.717, 1.165) is 58.3 Å². The lowest BCUT2D eigenvalue weighted by Gasteiger charge is -2.50. The van der Waals surface area contributed by atoms with Gasteiger partial charge in [-0.3, -0.25) is 9.59 Å². The van der Waals surface area contributed by atoms with Crippen molar-refractivity contribution in [3.05, 3.63) is 12.2 Å². The Balaban J connectivity index is 1.47. The lowest BCUT2D eigenvalue weighted by molar-refractivity contribution is -0.386. The summed E-state index contributed by atoms with van der Waals surface area (Å²) < 4.78 is 35.0. The SMILES string of the molecule is CCCCCCCCCCCCCC/C=C\CCCCCCCCCCCCCCCCC(=O)NC(COC1OC(CO)C(OC2OC(CO)C(O)C(OC3(C(=O)O)CC(O)C(NC(C)=O)C(C(O)C(O)CO)O3)C2O)C(O)C1O)C(O)CCCCCCCCCCCCCCCCCCCCCCCCC. The third-order valence-electron chi connectivity index (χ3n) is 22.2. The summed E-state index contributed by atoms with van der Waals surface area (Å²) in [5.74, 6) is -6.09. The summed E-state index contributed by atoms with van der Waals surface area (Å²) >= 11 is 0. The minimum atomic E-state index is -3.08. The largest absolute Gasteiger partial charge is 0.477 e. The zero-order valence-corrected chi connectivity index (χ0v) is 67.0. The average Bonchev–Trinajstić information content (AvgIpc) is 0.754. The Bertz CT molecular complexity index is 2170. The van der Waals surface area contributed by atoms with Crippen LogP contribution >= 0.6 is 0 Å². The monoisotopic (exact) mass is 1530 g/mol. The highest BCUT2D eigenvalue weighted by Crippen LogP contribution is 2.39. The number of carbonyl (C=O) groups excluding carboxylic acids is 2. The maximum atomic E-state index is 13.6. The van der Waals surface area contributed by atoms with E-state index in [-0.39, 0.29) is 18.9 Å². The zero-order valence-electron chi connectivity index (χ0n) is 67.0. The number of nitrogens with one attached hydrogen (secondary N) is 2. The molecule has 0 radical (unpaired) electrons. The highest BCUT2D eigenvalue weighted by atomic mass is 16.8. The summed E-state index contributed by atoms with van der Waals surface area (Å²) in [4.78, 5) is 38.8. The molecule has 0 spiro atoms. The Morgan fingerprint density at radius 1 is 0.477 bits per heavy atom. The molecular weight excluding hydrogens is 1370 g/mol. The molecule has 3 fully saturated rings. The van der Waals surface area contributed by atoms with Gasteiger partial charge in [0.15, 0.2) is 12.6 Å². The van der Waals surface area contributed by atoms with Gasteiger partial charge in [-0.2, -0.15) is 0 Å². The second-order valence-corrected chi connectivity index (χ2v) is 31.8. The summed E-state index contributed by atoms with van der Waals surface area (Å²) in [6, 6.07) is -2.53. The second kappa shape index (κ2) is 62.9. The molecule has 0 aromatic carbocycles. The first-order chi connectivity index (χ1) is 51.9. The van der Waals surface area contributed by atoms with Gasteiger partial charge in [-0.1, -0.05) is 321 Å². The molecule has 2 amide bonds. The molecule has 107 heavy (non-hydrogen) atoms. The van der Waals surface area contributed by atoms with Gasteiger partial charge in [-0.25, -0.2) is 4.79 Å². The molecular formula is C84H158N2O21. The van der Waals surface area contributed by atoms with E-state index in [1.165, 1.54) is 263 Å². The highest BCUT2D eigenvalue weighted by molar-refractivity contribution is 5.77. The van der Waals surface area contributed by atoms with Crippen molar-refractivity contribution in [1.82, 2.24) is 10.6 Å². The molecule has 0 bridgehead atoms. The zero-order chi connectivity index (χ0) is 78.1. The fourth-order valence-electron chi connectivity index (χ4n) is 15.4. The number of aliphatic hydroxyl groups is 11.